The van der Waals surface area contributed by atoms with Crippen molar-refractivity contribution >= 4 is 0 Å². The highest BCUT2D eigenvalue weighted by molar-refractivity contribution is 5.27. The maximum absolute atomic E-state index is 5.70. The Hall–Kier alpha value is -1.74. The lowest BCUT2D eigenvalue weighted by molar-refractivity contribution is 0.313. The Morgan fingerprint density at radius 3 is 2.65 bits per heavy atom. The van der Waals surface area contributed by atoms with Crippen LogP contribution in [-0.2, 0) is 13.0 Å². The van der Waals surface area contributed by atoms with E-state index in [4.69, 9.17) is 9.15 Å². The monoisotopic (exact) mass is 273 g/mol. The molecule has 0 spiro atoms. The van der Waals surface area contributed by atoms with Gasteiger partial charge in [-0.2, -0.15) is 0 Å². The molecule has 0 saturated heterocycles. The normalized spacial score (nSPS) is 10.7. The number of benzene rings is 1. The highest BCUT2D eigenvalue weighted by atomic mass is 16.5. The van der Waals surface area contributed by atoms with Crippen LogP contribution in [0.1, 0.15) is 30.9 Å². The zero-order chi connectivity index (χ0) is 14.0. The van der Waals surface area contributed by atoms with Gasteiger partial charge in [-0.05, 0) is 36.6 Å². The minimum atomic E-state index is 0.673. The van der Waals surface area contributed by atoms with Gasteiger partial charge in [0.1, 0.15) is 12.4 Å². The number of hydrogen-bond donors (Lipinski definition) is 1. The average molecular weight is 273 g/mol. The zero-order valence-corrected chi connectivity index (χ0v) is 12.1. The third kappa shape index (κ3) is 5.10. The number of ether oxygens (including phenoxy) is 1. The summed E-state index contributed by atoms with van der Waals surface area (Å²) in [5.41, 5.74) is 2.54. The smallest absolute Gasteiger partial charge is 0.119 e. The van der Waals surface area contributed by atoms with Crippen LogP contribution in [0.15, 0.2) is 47.3 Å². The van der Waals surface area contributed by atoms with Crippen molar-refractivity contribution in [1.29, 1.82) is 0 Å². The molecule has 0 aliphatic rings. The van der Waals surface area contributed by atoms with E-state index >= 15 is 0 Å². The van der Waals surface area contributed by atoms with Crippen molar-refractivity contribution in [3.63, 3.8) is 0 Å². The summed E-state index contributed by atoms with van der Waals surface area (Å²) in [6.45, 7) is 4.53. The molecule has 0 aliphatic heterocycles. The van der Waals surface area contributed by atoms with Crippen LogP contribution in [0.3, 0.4) is 0 Å². The van der Waals surface area contributed by atoms with E-state index in [9.17, 15) is 0 Å². The molecular weight excluding hydrogens is 250 g/mol. The first kappa shape index (κ1) is 14.7. The van der Waals surface area contributed by atoms with Crippen LogP contribution in [0.4, 0.5) is 0 Å². The average Bonchev–Trinajstić information content (AvgIpc) is 2.99. The van der Waals surface area contributed by atoms with E-state index in [1.54, 1.807) is 12.5 Å². The van der Waals surface area contributed by atoms with Gasteiger partial charge in [-0.3, -0.25) is 0 Å². The van der Waals surface area contributed by atoms with Crippen molar-refractivity contribution in [1.82, 2.24) is 5.32 Å². The Labute approximate surface area is 121 Å². The summed E-state index contributed by atoms with van der Waals surface area (Å²) in [6.07, 6.45) is 7.08. The molecule has 2 rings (SSSR count). The van der Waals surface area contributed by atoms with Crippen molar-refractivity contribution in [2.45, 2.75) is 32.7 Å². The lowest BCUT2D eigenvalue weighted by Gasteiger charge is -2.08. The molecule has 108 valence electrons. The first-order valence-electron chi connectivity index (χ1n) is 7.32. The predicted molar refractivity (Wildman–Crippen MR) is 81.0 cm³/mol. The molecule has 0 amide bonds. The lowest BCUT2D eigenvalue weighted by atomic mass is 10.1. The SMILES string of the molecule is CCCCc1ccc(OCCNCc2ccoc2)cc1. The van der Waals surface area contributed by atoms with E-state index < -0.39 is 0 Å². The third-order valence-electron chi connectivity index (χ3n) is 3.20. The lowest BCUT2D eigenvalue weighted by Crippen LogP contribution is -2.20. The molecule has 1 heterocycles. The van der Waals surface area contributed by atoms with Crippen LogP contribution < -0.4 is 10.1 Å². The summed E-state index contributed by atoms with van der Waals surface area (Å²) < 4.78 is 10.7. The first-order valence-corrected chi connectivity index (χ1v) is 7.32. The molecule has 2 aromatic rings. The predicted octanol–water partition coefficient (Wildman–Crippen LogP) is 3.79. The molecule has 20 heavy (non-hydrogen) atoms. The summed E-state index contributed by atoms with van der Waals surface area (Å²) in [4.78, 5) is 0. The van der Waals surface area contributed by atoms with Crippen LogP contribution in [0.2, 0.25) is 0 Å². The van der Waals surface area contributed by atoms with E-state index in [0.29, 0.717) is 6.61 Å². The van der Waals surface area contributed by atoms with Crippen LogP contribution in [-0.4, -0.2) is 13.2 Å². The summed E-state index contributed by atoms with van der Waals surface area (Å²) in [5, 5.41) is 3.31. The fraction of sp³-hybridized carbons (Fsp3) is 0.412. The van der Waals surface area contributed by atoms with Gasteiger partial charge in [0.05, 0.1) is 12.5 Å². The Balaban J connectivity index is 1.61. The molecule has 0 unspecified atom stereocenters. The van der Waals surface area contributed by atoms with Crippen molar-refractivity contribution in [2.24, 2.45) is 0 Å². The quantitative estimate of drug-likeness (QED) is 0.706. The Kier molecular flexibility index (Phi) is 6.18. The maximum atomic E-state index is 5.70. The van der Waals surface area contributed by atoms with Crippen LogP contribution in [0.5, 0.6) is 5.75 Å². The second-order valence-electron chi connectivity index (χ2n) is 4.90. The van der Waals surface area contributed by atoms with E-state index in [1.165, 1.54) is 18.4 Å². The molecule has 1 aromatic carbocycles. The van der Waals surface area contributed by atoms with E-state index in [1.807, 2.05) is 6.07 Å². The first-order chi connectivity index (χ1) is 9.88. The van der Waals surface area contributed by atoms with Crippen molar-refractivity contribution in [3.05, 3.63) is 54.0 Å². The van der Waals surface area contributed by atoms with Crippen molar-refractivity contribution in [3.8, 4) is 5.75 Å². The largest absolute Gasteiger partial charge is 0.492 e. The molecule has 0 saturated carbocycles. The molecular formula is C17H23NO2. The molecule has 3 nitrogen and oxygen atoms in total. The molecule has 0 aliphatic carbocycles. The van der Waals surface area contributed by atoms with Crippen molar-refractivity contribution < 1.29 is 9.15 Å². The number of furan rings is 1. The van der Waals surface area contributed by atoms with Gasteiger partial charge in [-0.1, -0.05) is 25.5 Å². The number of hydrogen-bond acceptors (Lipinski definition) is 3. The van der Waals surface area contributed by atoms with Gasteiger partial charge in [-0.25, -0.2) is 0 Å². The minimum absolute atomic E-state index is 0.673. The maximum Gasteiger partial charge on any atom is 0.119 e. The fourth-order valence-corrected chi connectivity index (χ4v) is 2.00. The topological polar surface area (TPSA) is 34.4 Å². The minimum Gasteiger partial charge on any atom is -0.492 e. The number of aryl methyl sites for hydroxylation is 1. The molecule has 1 aromatic heterocycles. The van der Waals surface area contributed by atoms with Gasteiger partial charge in [0.2, 0.25) is 0 Å². The van der Waals surface area contributed by atoms with Gasteiger partial charge in [0.15, 0.2) is 0 Å². The fourth-order valence-electron chi connectivity index (χ4n) is 2.00. The Morgan fingerprint density at radius 2 is 1.95 bits per heavy atom. The van der Waals surface area contributed by atoms with E-state index in [-0.39, 0.29) is 0 Å². The van der Waals surface area contributed by atoms with Crippen LogP contribution >= 0.6 is 0 Å². The third-order valence-corrected chi connectivity index (χ3v) is 3.20. The van der Waals surface area contributed by atoms with Gasteiger partial charge in [-0.15, -0.1) is 0 Å². The molecule has 0 radical (unpaired) electrons. The standard InChI is InChI=1S/C17H23NO2/c1-2-3-4-15-5-7-17(8-6-15)20-12-10-18-13-16-9-11-19-14-16/h5-9,11,14,18H,2-4,10,12-13H2,1H3. The van der Waals surface area contributed by atoms with Crippen LogP contribution in [0, 0.1) is 0 Å². The molecule has 1 N–H and O–H groups in total. The van der Waals surface area contributed by atoms with Gasteiger partial charge in [0.25, 0.3) is 0 Å². The van der Waals surface area contributed by atoms with Crippen molar-refractivity contribution in [2.75, 3.05) is 13.2 Å². The Morgan fingerprint density at radius 1 is 1.10 bits per heavy atom. The summed E-state index contributed by atoms with van der Waals surface area (Å²) in [6, 6.07) is 10.4. The van der Waals surface area contributed by atoms with Gasteiger partial charge < -0.3 is 14.5 Å². The van der Waals surface area contributed by atoms with Crippen LogP contribution in [0.25, 0.3) is 0 Å². The summed E-state index contributed by atoms with van der Waals surface area (Å²) >= 11 is 0. The molecule has 0 fully saturated rings. The second-order valence-corrected chi connectivity index (χ2v) is 4.90. The summed E-state index contributed by atoms with van der Waals surface area (Å²) in [5.74, 6) is 0.940. The number of unbranched alkanes of at least 4 members (excludes halogenated alkanes) is 1. The van der Waals surface area contributed by atoms with E-state index in [2.05, 4.69) is 36.5 Å². The number of nitrogens with one attached hydrogen (secondary N) is 1. The van der Waals surface area contributed by atoms with E-state index in [0.717, 1.165) is 30.8 Å². The van der Waals surface area contributed by atoms with Gasteiger partial charge >= 0.3 is 0 Å². The molecule has 0 bridgehead atoms. The van der Waals surface area contributed by atoms with Gasteiger partial charge in [0, 0.05) is 18.7 Å². The molecule has 3 heteroatoms. The molecule has 0 atom stereocenters. The Bertz CT molecular complexity index is 462. The number of rotatable bonds is 9. The zero-order valence-electron chi connectivity index (χ0n) is 12.1. The second kappa shape index (κ2) is 8.43. The summed E-state index contributed by atoms with van der Waals surface area (Å²) in [7, 11) is 0. The highest BCUT2D eigenvalue weighted by Crippen LogP contribution is 2.13. The highest BCUT2D eigenvalue weighted by Gasteiger charge is 1.97.